The first-order valence-electron chi connectivity index (χ1n) is 5.29. The SMILES string of the molecule is CCC(C)[C@H](N)C(=O)N1CCSCC1.Cl. The van der Waals surface area contributed by atoms with Gasteiger partial charge in [0.2, 0.25) is 5.91 Å². The average Bonchev–Trinajstić information content (AvgIpc) is 2.27. The van der Waals surface area contributed by atoms with Crippen LogP contribution in [0.1, 0.15) is 20.3 Å². The Labute approximate surface area is 103 Å². The summed E-state index contributed by atoms with van der Waals surface area (Å²) in [7, 11) is 0. The van der Waals surface area contributed by atoms with E-state index in [9.17, 15) is 4.79 Å². The van der Waals surface area contributed by atoms with Crippen LogP contribution in [-0.2, 0) is 4.79 Å². The molecule has 5 heteroatoms. The van der Waals surface area contributed by atoms with Crippen molar-refractivity contribution in [3.63, 3.8) is 0 Å². The number of nitrogens with zero attached hydrogens (tertiary/aromatic N) is 1. The lowest BCUT2D eigenvalue weighted by Gasteiger charge is -2.30. The van der Waals surface area contributed by atoms with Crippen molar-refractivity contribution in [2.24, 2.45) is 11.7 Å². The van der Waals surface area contributed by atoms with Gasteiger partial charge in [0.1, 0.15) is 0 Å². The maximum atomic E-state index is 11.9. The van der Waals surface area contributed by atoms with E-state index in [0.29, 0.717) is 0 Å². The smallest absolute Gasteiger partial charge is 0.239 e. The topological polar surface area (TPSA) is 46.3 Å². The molecule has 1 amide bonds. The largest absolute Gasteiger partial charge is 0.340 e. The van der Waals surface area contributed by atoms with Crippen LogP contribution in [0.25, 0.3) is 0 Å². The second-order valence-corrected chi connectivity index (χ2v) is 5.07. The van der Waals surface area contributed by atoms with Crippen LogP contribution in [-0.4, -0.2) is 41.4 Å². The summed E-state index contributed by atoms with van der Waals surface area (Å²) in [5.74, 6) is 2.54. The second kappa shape index (κ2) is 7.36. The van der Waals surface area contributed by atoms with Gasteiger partial charge in [-0.2, -0.15) is 11.8 Å². The number of hydrogen-bond donors (Lipinski definition) is 1. The van der Waals surface area contributed by atoms with Crippen molar-refractivity contribution in [3.05, 3.63) is 0 Å². The molecule has 2 N–H and O–H groups in total. The van der Waals surface area contributed by atoms with Crippen molar-refractivity contribution in [3.8, 4) is 0 Å². The predicted molar refractivity (Wildman–Crippen MR) is 68.6 cm³/mol. The number of amides is 1. The molecule has 0 aliphatic carbocycles. The summed E-state index contributed by atoms with van der Waals surface area (Å²) in [5.41, 5.74) is 5.90. The molecule has 1 aliphatic rings. The quantitative estimate of drug-likeness (QED) is 0.825. The van der Waals surface area contributed by atoms with Crippen LogP contribution >= 0.6 is 24.2 Å². The van der Waals surface area contributed by atoms with Crippen LogP contribution in [0.5, 0.6) is 0 Å². The van der Waals surface area contributed by atoms with E-state index in [4.69, 9.17) is 5.73 Å². The van der Waals surface area contributed by atoms with Gasteiger partial charge in [-0.1, -0.05) is 20.3 Å². The van der Waals surface area contributed by atoms with Crippen LogP contribution in [0.2, 0.25) is 0 Å². The Morgan fingerprint density at radius 3 is 2.47 bits per heavy atom. The molecule has 0 bridgehead atoms. The lowest BCUT2D eigenvalue weighted by Crippen LogP contribution is -2.49. The lowest BCUT2D eigenvalue weighted by molar-refractivity contribution is -0.133. The zero-order chi connectivity index (χ0) is 10.6. The number of halogens is 1. The fraction of sp³-hybridized carbons (Fsp3) is 0.900. The molecule has 1 rings (SSSR count). The highest BCUT2D eigenvalue weighted by Crippen LogP contribution is 2.13. The Morgan fingerprint density at radius 2 is 2.00 bits per heavy atom. The van der Waals surface area contributed by atoms with Gasteiger partial charge in [-0.05, 0) is 5.92 Å². The van der Waals surface area contributed by atoms with Crippen LogP contribution in [0.4, 0.5) is 0 Å². The summed E-state index contributed by atoms with van der Waals surface area (Å²) in [6.45, 7) is 5.85. The Hall–Kier alpha value is 0.0700. The van der Waals surface area contributed by atoms with Crippen molar-refractivity contribution < 1.29 is 4.79 Å². The number of rotatable bonds is 3. The van der Waals surface area contributed by atoms with E-state index < -0.39 is 0 Å². The van der Waals surface area contributed by atoms with Crippen LogP contribution in [0.15, 0.2) is 0 Å². The van der Waals surface area contributed by atoms with Crippen LogP contribution in [0.3, 0.4) is 0 Å². The summed E-state index contributed by atoms with van der Waals surface area (Å²) in [6, 6.07) is -0.303. The molecule has 90 valence electrons. The number of carbonyl (C=O) groups is 1. The molecule has 3 nitrogen and oxygen atoms in total. The molecule has 0 aromatic rings. The minimum Gasteiger partial charge on any atom is -0.340 e. The highest BCUT2D eigenvalue weighted by atomic mass is 35.5. The normalized spacial score (nSPS) is 20.3. The van der Waals surface area contributed by atoms with Gasteiger partial charge in [0.25, 0.3) is 0 Å². The third-order valence-electron chi connectivity index (χ3n) is 2.86. The number of thioether (sulfide) groups is 1. The molecule has 0 radical (unpaired) electrons. The molecule has 1 saturated heterocycles. The van der Waals surface area contributed by atoms with Crippen LogP contribution < -0.4 is 5.73 Å². The summed E-state index contributed by atoms with van der Waals surface area (Å²) in [4.78, 5) is 13.8. The molecule has 0 spiro atoms. The molecule has 1 heterocycles. The minimum atomic E-state index is -0.303. The summed E-state index contributed by atoms with van der Waals surface area (Å²) in [5, 5.41) is 0. The fourth-order valence-corrected chi connectivity index (χ4v) is 2.39. The van der Waals surface area contributed by atoms with E-state index in [0.717, 1.165) is 31.0 Å². The average molecular weight is 253 g/mol. The summed E-state index contributed by atoms with van der Waals surface area (Å²) in [6.07, 6.45) is 0.968. The van der Waals surface area contributed by atoms with Gasteiger partial charge in [-0.25, -0.2) is 0 Å². The van der Waals surface area contributed by atoms with Crippen molar-refractivity contribution in [2.75, 3.05) is 24.6 Å². The third kappa shape index (κ3) is 4.21. The number of carbonyl (C=O) groups excluding carboxylic acids is 1. The Bertz CT molecular complexity index is 194. The molecule has 1 unspecified atom stereocenters. The molecule has 0 aromatic heterocycles. The van der Waals surface area contributed by atoms with E-state index >= 15 is 0 Å². The van der Waals surface area contributed by atoms with Gasteiger partial charge >= 0.3 is 0 Å². The van der Waals surface area contributed by atoms with Crippen molar-refractivity contribution in [1.29, 1.82) is 0 Å². The molecule has 2 atom stereocenters. The van der Waals surface area contributed by atoms with Gasteiger partial charge in [-0.3, -0.25) is 4.79 Å². The lowest BCUT2D eigenvalue weighted by atomic mass is 9.99. The first-order chi connectivity index (χ1) is 6.66. The maximum absolute atomic E-state index is 11.9. The Kier molecular flexibility index (Phi) is 7.40. The molecule has 0 aromatic carbocycles. The highest BCUT2D eigenvalue weighted by molar-refractivity contribution is 7.99. The van der Waals surface area contributed by atoms with Gasteiger partial charge in [-0.15, -0.1) is 12.4 Å². The molecule has 0 saturated carbocycles. The first-order valence-corrected chi connectivity index (χ1v) is 6.44. The Balaban J connectivity index is 0.00000196. The van der Waals surface area contributed by atoms with E-state index in [-0.39, 0.29) is 30.3 Å². The predicted octanol–water partition coefficient (Wildman–Crippen LogP) is 1.36. The molecule has 1 aliphatic heterocycles. The van der Waals surface area contributed by atoms with Gasteiger partial charge in [0, 0.05) is 24.6 Å². The van der Waals surface area contributed by atoms with Gasteiger partial charge in [0.05, 0.1) is 6.04 Å². The summed E-state index contributed by atoms with van der Waals surface area (Å²) >= 11 is 1.91. The number of nitrogens with two attached hydrogens (primary N) is 1. The molecular formula is C10H21ClN2OS. The number of hydrogen-bond acceptors (Lipinski definition) is 3. The zero-order valence-electron chi connectivity index (χ0n) is 9.44. The van der Waals surface area contributed by atoms with Crippen molar-refractivity contribution in [2.45, 2.75) is 26.3 Å². The zero-order valence-corrected chi connectivity index (χ0v) is 11.1. The minimum absolute atomic E-state index is 0. The van der Waals surface area contributed by atoms with Crippen LogP contribution in [0, 0.1) is 5.92 Å². The van der Waals surface area contributed by atoms with E-state index in [1.54, 1.807) is 0 Å². The maximum Gasteiger partial charge on any atom is 0.239 e. The van der Waals surface area contributed by atoms with E-state index in [1.165, 1.54) is 0 Å². The Morgan fingerprint density at radius 1 is 1.47 bits per heavy atom. The standard InChI is InChI=1S/C10H20N2OS.ClH/c1-3-8(2)9(11)10(13)12-4-6-14-7-5-12;/h8-9H,3-7,11H2,1-2H3;1H/t8?,9-;/m0./s1. The monoisotopic (exact) mass is 252 g/mol. The van der Waals surface area contributed by atoms with E-state index in [2.05, 4.69) is 6.92 Å². The third-order valence-corrected chi connectivity index (χ3v) is 3.81. The molecule has 15 heavy (non-hydrogen) atoms. The first kappa shape index (κ1) is 15.1. The second-order valence-electron chi connectivity index (χ2n) is 3.85. The fourth-order valence-electron chi connectivity index (χ4n) is 1.49. The highest BCUT2D eigenvalue weighted by Gasteiger charge is 2.25. The molecule has 1 fully saturated rings. The van der Waals surface area contributed by atoms with E-state index in [1.807, 2.05) is 23.6 Å². The summed E-state index contributed by atoms with van der Waals surface area (Å²) < 4.78 is 0. The van der Waals surface area contributed by atoms with Crippen molar-refractivity contribution in [1.82, 2.24) is 4.90 Å². The van der Waals surface area contributed by atoms with Gasteiger partial charge in [0.15, 0.2) is 0 Å². The van der Waals surface area contributed by atoms with Crippen molar-refractivity contribution >= 4 is 30.1 Å². The van der Waals surface area contributed by atoms with Gasteiger partial charge < -0.3 is 10.6 Å². The molecular weight excluding hydrogens is 232 g/mol.